The van der Waals surface area contributed by atoms with Crippen molar-refractivity contribution in [1.29, 1.82) is 0 Å². The molecule has 1 aliphatic rings. The first kappa shape index (κ1) is 12.2. The summed E-state index contributed by atoms with van der Waals surface area (Å²) in [4.78, 5) is 12.0. The SMILES string of the molecule is O=C(C[C@@H]1CCCN1)Nc1ccc2ccccc2c1. The molecule has 0 aromatic heterocycles. The third-order valence-corrected chi connectivity index (χ3v) is 3.63. The van der Waals surface area contributed by atoms with E-state index in [0.717, 1.165) is 24.0 Å². The van der Waals surface area contributed by atoms with Crippen LogP contribution in [-0.4, -0.2) is 18.5 Å². The second kappa shape index (κ2) is 5.41. The first-order valence-corrected chi connectivity index (χ1v) is 6.83. The lowest BCUT2D eigenvalue weighted by Gasteiger charge is -2.11. The molecule has 3 heteroatoms. The Kier molecular flexibility index (Phi) is 3.47. The highest BCUT2D eigenvalue weighted by Gasteiger charge is 2.17. The number of hydrogen-bond acceptors (Lipinski definition) is 2. The summed E-state index contributed by atoms with van der Waals surface area (Å²) >= 11 is 0. The van der Waals surface area contributed by atoms with E-state index in [0.29, 0.717) is 12.5 Å². The number of carbonyl (C=O) groups excluding carboxylic acids is 1. The molecule has 0 unspecified atom stereocenters. The fourth-order valence-electron chi connectivity index (χ4n) is 2.63. The summed E-state index contributed by atoms with van der Waals surface area (Å²) < 4.78 is 0. The first-order chi connectivity index (χ1) is 9.31. The first-order valence-electron chi connectivity index (χ1n) is 6.83. The van der Waals surface area contributed by atoms with Crippen LogP contribution in [0.4, 0.5) is 5.69 Å². The molecule has 1 aliphatic heterocycles. The lowest BCUT2D eigenvalue weighted by atomic mass is 10.1. The van der Waals surface area contributed by atoms with E-state index in [4.69, 9.17) is 0 Å². The van der Waals surface area contributed by atoms with Crippen LogP contribution >= 0.6 is 0 Å². The maximum absolute atomic E-state index is 12.0. The third-order valence-electron chi connectivity index (χ3n) is 3.63. The number of anilines is 1. The molecule has 1 atom stereocenters. The Morgan fingerprint density at radius 3 is 2.84 bits per heavy atom. The predicted octanol–water partition coefficient (Wildman–Crippen LogP) is 2.92. The molecule has 0 bridgehead atoms. The van der Waals surface area contributed by atoms with Gasteiger partial charge in [0.1, 0.15) is 0 Å². The van der Waals surface area contributed by atoms with Gasteiger partial charge in [0.05, 0.1) is 0 Å². The lowest BCUT2D eigenvalue weighted by molar-refractivity contribution is -0.116. The van der Waals surface area contributed by atoms with E-state index >= 15 is 0 Å². The highest BCUT2D eigenvalue weighted by molar-refractivity contribution is 5.94. The van der Waals surface area contributed by atoms with E-state index < -0.39 is 0 Å². The zero-order chi connectivity index (χ0) is 13.1. The molecule has 1 heterocycles. The predicted molar refractivity (Wildman–Crippen MR) is 78.2 cm³/mol. The van der Waals surface area contributed by atoms with Gasteiger partial charge >= 0.3 is 0 Å². The smallest absolute Gasteiger partial charge is 0.225 e. The summed E-state index contributed by atoms with van der Waals surface area (Å²) in [5.74, 6) is 0.0923. The summed E-state index contributed by atoms with van der Waals surface area (Å²) in [6.07, 6.45) is 2.84. The van der Waals surface area contributed by atoms with Crippen molar-refractivity contribution in [3.05, 3.63) is 42.5 Å². The molecule has 2 aromatic carbocycles. The van der Waals surface area contributed by atoms with Gasteiger partial charge in [0.2, 0.25) is 5.91 Å². The minimum Gasteiger partial charge on any atom is -0.326 e. The lowest BCUT2D eigenvalue weighted by Crippen LogP contribution is -2.27. The largest absolute Gasteiger partial charge is 0.326 e. The maximum Gasteiger partial charge on any atom is 0.225 e. The van der Waals surface area contributed by atoms with Crippen molar-refractivity contribution < 1.29 is 4.79 Å². The van der Waals surface area contributed by atoms with E-state index in [1.807, 2.05) is 30.3 Å². The van der Waals surface area contributed by atoms with Crippen LogP contribution in [-0.2, 0) is 4.79 Å². The zero-order valence-corrected chi connectivity index (χ0v) is 10.9. The highest BCUT2D eigenvalue weighted by atomic mass is 16.1. The molecule has 1 fully saturated rings. The molecule has 3 nitrogen and oxygen atoms in total. The number of rotatable bonds is 3. The Labute approximate surface area is 113 Å². The Bertz CT molecular complexity index is 588. The van der Waals surface area contributed by atoms with E-state index in [-0.39, 0.29) is 5.91 Å². The molecule has 0 spiro atoms. The van der Waals surface area contributed by atoms with Crippen LogP contribution in [0.15, 0.2) is 42.5 Å². The quantitative estimate of drug-likeness (QED) is 0.884. The van der Waals surface area contributed by atoms with Crippen LogP contribution < -0.4 is 10.6 Å². The summed E-state index contributed by atoms with van der Waals surface area (Å²) in [7, 11) is 0. The normalized spacial score (nSPS) is 18.6. The molecule has 1 saturated heterocycles. The Hall–Kier alpha value is -1.87. The van der Waals surface area contributed by atoms with Crippen molar-refractivity contribution in [3.8, 4) is 0 Å². The van der Waals surface area contributed by atoms with Gasteiger partial charge in [0.25, 0.3) is 0 Å². The molecule has 0 saturated carbocycles. The second-order valence-corrected chi connectivity index (χ2v) is 5.11. The van der Waals surface area contributed by atoms with Gasteiger partial charge in [-0.3, -0.25) is 4.79 Å². The van der Waals surface area contributed by atoms with Gasteiger partial charge in [-0.2, -0.15) is 0 Å². The molecule has 0 aliphatic carbocycles. The number of fused-ring (bicyclic) bond motifs is 1. The van der Waals surface area contributed by atoms with Gasteiger partial charge in [-0.1, -0.05) is 30.3 Å². The molecule has 98 valence electrons. The second-order valence-electron chi connectivity index (χ2n) is 5.11. The molecule has 2 N–H and O–H groups in total. The molecular weight excluding hydrogens is 236 g/mol. The van der Waals surface area contributed by atoms with Gasteiger partial charge in [0.15, 0.2) is 0 Å². The molecule has 0 radical (unpaired) electrons. The Balaban J connectivity index is 1.68. The van der Waals surface area contributed by atoms with E-state index in [9.17, 15) is 4.79 Å². The standard InChI is InChI=1S/C16H18N2O/c19-16(11-14-6-3-9-17-14)18-15-8-7-12-4-1-2-5-13(12)10-15/h1-2,4-5,7-8,10,14,17H,3,6,9,11H2,(H,18,19)/t14-/m0/s1. The summed E-state index contributed by atoms with van der Waals surface area (Å²) in [6.45, 7) is 1.04. The van der Waals surface area contributed by atoms with Crippen molar-refractivity contribution in [3.63, 3.8) is 0 Å². The molecule has 3 rings (SSSR count). The average molecular weight is 254 g/mol. The minimum absolute atomic E-state index is 0.0923. The minimum atomic E-state index is 0.0923. The third kappa shape index (κ3) is 2.93. The number of benzene rings is 2. The number of carbonyl (C=O) groups is 1. The molecule has 19 heavy (non-hydrogen) atoms. The molecule has 1 amide bonds. The molecule has 2 aromatic rings. The monoisotopic (exact) mass is 254 g/mol. The van der Waals surface area contributed by atoms with E-state index in [1.54, 1.807) is 0 Å². The Morgan fingerprint density at radius 2 is 2.05 bits per heavy atom. The summed E-state index contributed by atoms with van der Waals surface area (Å²) in [6, 6.07) is 14.5. The van der Waals surface area contributed by atoms with Crippen molar-refractivity contribution >= 4 is 22.4 Å². The van der Waals surface area contributed by atoms with Gasteiger partial charge in [-0.25, -0.2) is 0 Å². The number of nitrogens with one attached hydrogen (secondary N) is 2. The van der Waals surface area contributed by atoms with Crippen molar-refractivity contribution in [2.75, 3.05) is 11.9 Å². The van der Waals surface area contributed by atoms with Crippen LogP contribution in [0.5, 0.6) is 0 Å². The van der Waals surface area contributed by atoms with Crippen molar-refractivity contribution in [2.24, 2.45) is 0 Å². The van der Waals surface area contributed by atoms with Gasteiger partial charge in [-0.05, 0) is 42.3 Å². The van der Waals surface area contributed by atoms with Crippen LogP contribution in [0.2, 0.25) is 0 Å². The van der Waals surface area contributed by atoms with Crippen LogP contribution in [0, 0.1) is 0 Å². The maximum atomic E-state index is 12.0. The number of hydrogen-bond donors (Lipinski definition) is 2. The topological polar surface area (TPSA) is 41.1 Å². The van der Waals surface area contributed by atoms with Crippen molar-refractivity contribution in [2.45, 2.75) is 25.3 Å². The summed E-state index contributed by atoms with van der Waals surface area (Å²) in [5.41, 5.74) is 0.877. The highest BCUT2D eigenvalue weighted by Crippen LogP contribution is 2.19. The average Bonchev–Trinajstić information content (AvgIpc) is 2.91. The van der Waals surface area contributed by atoms with Crippen LogP contribution in [0.3, 0.4) is 0 Å². The van der Waals surface area contributed by atoms with E-state index in [1.165, 1.54) is 11.8 Å². The molecular formula is C16H18N2O. The van der Waals surface area contributed by atoms with Gasteiger partial charge < -0.3 is 10.6 Å². The fraction of sp³-hybridized carbons (Fsp3) is 0.312. The fourth-order valence-corrected chi connectivity index (χ4v) is 2.63. The van der Waals surface area contributed by atoms with Crippen molar-refractivity contribution in [1.82, 2.24) is 5.32 Å². The van der Waals surface area contributed by atoms with Gasteiger partial charge in [-0.15, -0.1) is 0 Å². The number of amides is 1. The summed E-state index contributed by atoms with van der Waals surface area (Å²) in [5, 5.41) is 8.67. The van der Waals surface area contributed by atoms with Crippen LogP contribution in [0.1, 0.15) is 19.3 Å². The Morgan fingerprint density at radius 1 is 1.21 bits per heavy atom. The zero-order valence-electron chi connectivity index (χ0n) is 10.9. The van der Waals surface area contributed by atoms with E-state index in [2.05, 4.69) is 22.8 Å². The van der Waals surface area contributed by atoms with Crippen LogP contribution in [0.25, 0.3) is 10.8 Å². The van der Waals surface area contributed by atoms with Gasteiger partial charge in [0, 0.05) is 18.2 Å².